The average molecular weight is 489 g/mol. The molecule has 2 N–H and O–H groups in total. The van der Waals surface area contributed by atoms with Crippen LogP contribution in [-0.4, -0.2) is 35.5 Å². The molecule has 1 heterocycles. The molecule has 0 saturated carbocycles. The van der Waals surface area contributed by atoms with E-state index in [0.717, 1.165) is 19.1 Å². The molecule has 0 radical (unpaired) electrons. The molecule has 11 heteroatoms. The summed E-state index contributed by atoms with van der Waals surface area (Å²) >= 11 is 0. The van der Waals surface area contributed by atoms with Crippen molar-refractivity contribution in [3.05, 3.63) is 64.2 Å². The van der Waals surface area contributed by atoms with E-state index < -0.39 is 69.9 Å². The third-order valence-corrected chi connectivity index (χ3v) is 6.13. The minimum atomic E-state index is -1.76. The standard InChI is InChI=1S/C24H18F3NO7/c1-9(29)18-14(30)7-17-24(2,22(18)32)20-15(31)6-16(34-3)19(21(20)35-17)23(33)28-8-11-12(26)4-10(25)5-13(11)27/h4-7,18,31H,8H2,1-3H3,(H,28,33)/t18?,24-/m1/s1. The molecule has 0 saturated heterocycles. The van der Waals surface area contributed by atoms with Gasteiger partial charge < -0.3 is 19.9 Å². The Morgan fingerprint density at radius 2 is 1.80 bits per heavy atom. The Morgan fingerprint density at radius 3 is 2.37 bits per heavy atom. The van der Waals surface area contributed by atoms with Crippen LogP contribution in [0.3, 0.4) is 0 Å². The number of ether oxygens (including phenoxy) is 2. The van der Waals surface area contributed by atoms with Crippen molar-refractivity contribution >= 4 is 23.3 Å². The molecule has 0 fully saturated rings. The fraction of sp³-hybridized carbons (Fsp3) is 0.250. The minimum Gasteiger partial charge on any atom is -0.507 e. The number of benzene rings is 2. The Bertz CT molecular complexity index is 1340. The van der Waals surface area contributed by atoms with Gasteiger partial charge in [0.2, 0.25) is 0 Å². The van der Waals surface area contributed by atoms with Gasteiger partial charge in [-0.15, -0.1) is 0 Å². The van der Waals surface area contributed by atoms with Crippen LogP contribution in [0, 0.1) is 23.4 Å². The van der Waals surface area contributed by atoms with Gasteiger partial charge in [0.1, 0.15) is 57.4 Å². The van der Waals surface area contributed by atoms with Crippen LogP contribution in [0.15, 0.2) is 30.0 Å². The zero-order valence-electron chi connectivity index (χ0n) is 18.6. The van der Waals surface area contributed by atoms with E-state index in [-0.39, 0.29) is 28.4 Å². The molecule has 2 atom stereocenters. The Hall–Kier alpha value is -4.15. The van der Waals surface area contributed by atoms with Crippen LogP contribution in [0.4, 0.5) is 13.2 Å². The number of hydrogen-bond acceptors (Lipinski definition) is 7. The normalized spacial score (nSPS) is 20.5. The molecule has 0 spiro atoms. The van der Waals surface area contributed by atoms with Crippen molar-refractivity contribution in [3.63, 3.8) is 0 Å². The summed E-state index contributed by atoms with van der Waals surface area (Å²) in [5.74, 6) is -9.71. The molecule has 35 heavy (non-hydrogen) atoms. The van der Waals surface area contributed by atoms with Gasteiger partial charge in [0.25, 0.3) is 5.91 Å². The number of carbonyl (C=O) groups excluding carboxylic acids is 4. The number of hydrogen-bond donors (Lipinski definition) is 2. The van der Waals surface area contributed by atoms with Crippen LogP contribution in [0.25, 0.3) is 0 Å². The van der Waals surface area contributed by atoms with E-state index in [1.54, 1.807) is 0 Å². The maximum Gasteiger partial charge on any atom is 0.259 e. The number of ketones is 3. The highest BCUT2D eigenvalue weighted by Crippen LogP contribution is 2.56. The van der Waals surface area contributed by atoms with Crippen LogP contribution in [0.2, 0.25) is 0 Å². The van der Waals surface area contributed by atoms with E-state index in [0.29, 0.717) is 12.1 Å². The number of rotatable bonds is 5. The Labute approximate surface area is 196 Å². The van der Waals surface area contributed by atoms with Crippen LogP contribution in [0.1, 0.15) is 35.3 Å². The first-order valence-electron chi connectivity index (χ1n) is 10.3. The molecule has 2 aliphatic rings. The van der Waals surface area contributed by atoms with Crippen LogP contribution in [-0.2, 0) is 26.3 Å². The van der Waals surface area contributed by atoms with E-state index in [4.69, 9.17) is 9.47 Å². The zero-order chi connectivity index (χ0) is 25.8. The SMILES string of the molecule is COc1cc(O)c2c(c1C(=O)NCc1c(F)cc(F)cc1F)OC1=CC(=O)C(C(C)=O)C(=O)[C@]12C. The number of Topliss-reactive ketones (excluding diaryl/α,β-unsaturated/α-hetero) is 2. The van der Waals surface area contributed by atoms with Gasteiger partial charge in [-0.05, 0) is 13.8 Å². The highest BCUT2D eigenvalue weighted by molar-refractivity contribution is 6.27. The summed E-state index contributed by atoms with van der Waals surface area (Å²) < 4.78 is 52.0. The first-order valence-corrected chi connectivity index (χ1v) is 10.3. The summed E-state index contributed by atoms with van der Waals surface area (Å²) in [6.07, 6.45) is 0.963. The van der Waals surface area contributed by atoms with Gasteiger partial charge in [-0.2, -0.15) is 0 Å². The van der Waals surface area contributed by atoms with Gasteiger partial charge >= 0.3 is 0 Å². The molecule has 182 valence electrons. The highest BCUT2D eigenvalue weighted by Gasteiger charge is 2.58. The van der Waals surface area contributed by atoms with Crippen molar-refractivity contribution in [2.24, 2.45) is 5.92 Å². The predicted octanol–water partition coefficient (Wildman–Crippen LogP) is 2.64. The first kappa shape index (κ1) is 24.0. The van der Waals surface area contributed by atoms with E-state index in [9.17, 15) is 37.5 Å². The maximum absolute atomic E-state index is 14.0. The van der Waals surface area contributed by atoms with E-state index in [1.807, 2.05) is 0 Å². The number of fused-ring (bicyclic) bond motifs is 3. The average Bonchev–Trinajstić information content (AvgIpc) is 3.06. The highest BCUT2D eigenvalue weighted by atomic mass is 19.1. The van der Waals surface area contributed by atoms with Crippen molar-refractivity contribution < 1.29 is 46.9 Å². The summed E-state index contributed by atoms with van der Waals surface area (Å²) in [5, 5.41) is 13.0. The summed E-state index contributed by atoms with van der Waals surface area (Å²) in [4.78, 5) is 50.7. The summed E-state index contributed by atoms with van der Waals surface area (Å²) in [5.41, 5.74) is -2.87. The van der Waals surface area contributed by atoms with Gasteiger partial charge in [0.15, 0.2) is 17.3 Å². The first-order chi connectivity index (χ1) is 16.4. The molecule has 0 aromatic heterocycles. The summed E-state index contributed by atoms with van der Waals surface area (Å²) in [7, 11) is 1.18. The molecule has 1 aliphatic carbocycles. The number of amides is 1. The second-order valence-corrected chi connectivity index (χ2v) is 8.25. The Morgan fingerprint density at radius 1 is 1.17 bits per heavy atom. The van der Waals surface area contributed by atoms with E-state index in [2.05, 4.69) is 5.32 Å². The lowest BCUT2D eigenvalue weighted by molar-refractivity contribution is -0.140. The third kappa shape index (κ3) is 3.54. The van der Waals surface area contributed by atoms with Gasteiger partial charge in [0, 0.05) is 36.4 Å². The lowest BCUT2D eigenvalue weighted by atomic mass is 9.67. The summed E-state index contributed by atoms with van der Waals surface area (Å²) in [6, 6.07) is 1.95. The lowest BCUT2D eigenvalue weighted by Crippen LogP contribution is -2.47. The van der Waals surface area contributed by atoms with Gasteiger partial charge in [0.05, 0.1) is 12.7 Å². The number of allylic oxidation sites excluding steroid dienone is 2. The lowest BCUT2D eigenvalue weighted by Gasteiger charge is -2.30. The topological polar surface area (TPSA) is 119 Å². The van der Waals surface area contributed by atoms with Crippen molar-refractivity contribution in [3.8, 4) is 17.2 Å². The molecule has 8 nitrogen and oxygen atoms in total. The Kier molecular flexibility index (Phi) is 5.66. The summed E-state index contributed by atoms with van der Waals surface area (Å²) in [6.45, 7) is 1.74. The predicted molar refractivity (Wildman–Crippen MR) is 112 cm³/mol. The second-order valence-electron chi connectivity index (χ2n) is 8.25. The molecule has 2 aromatic rings. The van der Waals surface area contributed by atoms with Crippen molar-refractivity contribution in [1.29, 1.82) is 0 Å². The number of nitrogens with one attached hydrogen (secondary N) is 1. The van der Waals surface area contributed by atoms with Crippen molar-refractivity contribution in [1.82, 2.24) is 5.32 Å². The third-order valence-electron chi connectivity index (χ3n) is 6.13. The number of phenols is 1. The van der Waals surface area contributed by atoms with E-state index >= 15 is 0 Å². The Balaban J connectivity index is 1.80. The van der Waals surface area contributed by atoms with E-state index in [1.165, 1.54) is 14.0 Å². The molecule has 4 rings (SSSR count). The quantitative estimate of drug-likeness (QED) is 0.620. The number of aromatic hydroxyl groups is 1. The molecular formula is C24H18F3NO7. The van der Waals surface area contributed by atoms with Crippen LogP contribution in [0.5, 0.6) is 17.2 Å². The van der Waals surface area contributed by atoms with Crippen LogP contribution >= 0.6 is 0 Å². The molecule has 1 unspecified atom stereocenters. The van der Waals surface area contributed by atoms with Gasteiger partial charge in [-0.25, -0.2) is 13.2 Å². The molecule has 0 bridgehead atoms. The molecule has 2 aromatic carbocycles. The van der Waals surface area contributed by atoms with Gasteiger partial charge in [-0.3, -0.25) is 19.2 Å². The fourth-order valence-corrected chi connectivity index (χ4v) is 4.35. The maximum atomic E-state index is 14.0. The number of halogens is 3. The van der Waals surface area contributed by atoms with Crippen molar-refractivity contribution in [2.75, 3.05) is 7.11 Å². The number of phenolic OH excluding ortho intramolecular Hbond substituents is 1. The molecule has 1 amide bonds. The minimum absolute atomic E-state index is 0.169. The monoisotopic (exact) mass is 489 g/mol. The second kappa shape index (κ2) is 8.26. The molecule has 1 aliphatic heterocycles. The number of methoxy groups -OCH3 is 1. The number of carbonyl (C=O) groups is 4. The largest absolute Gasteiger partial charge is 0.507 e. The molecular weight excluding hydrogens is 471 g/mol. The van der Waals surface area contributed by atoms with Crippen molar-refractivity contribution in [2.45, 2.75) is 25.8 Å². The zero-order valence-corrected chi connectivity index (χ0v) is 18.6. The van der Waals surface area contributed by atoms with Crippen LogP contribution < -0.4 is 14.8 Å². The fourth-order valence-electron chi connectivity index (χ4n) is 4.35. The smallest absolute Gasteiger partial charge is 0.259 e. The van der Waals surface area contributed by atoms with Gasteiger partial charge in [-0.1, -0.05) is 0 Å².